The fraction of sp³-hybridized carbons (Fsp3) is 0.683. The first kappa shape index (κ1) is 63.3. The summed E-state index contributed by atoms with van der Waals surface area (Å²) < 4.78 is 48.3. The van der Waals surface area contributed by atoms with Crippen molar-refractivity contribution in [2.45, 2.75) is 212 Å². The van der Waals surface area contributed by atoms with Gasteiger partial charge in [0.25, 0.3) is 16.1 Å². The van der Waals surface area contributed by atoms with Crippen LogP contribution in [0.15, 0.2) is 84.5 Å². The number of phosphoric acid groups is 1. The molecule has 2 fully saturated rings. The van der Waals surface area contributed by atoms with E-state index in [2.05, 4.69) is 95.3 Å². The maximum absolute atomic E-state index is 14.1. The average Bonchev–Trinajstić information content (AvgIpc) is 4.03. The van der Waals surface area contributed by atoms with E-state index in [-0.39, 0.29) is 67.5 Å². The van der Waals surface area contributed by atoms with Crippen LogP contribution in [-0.2, 0) is 46.6 Å². The summed E-state index contributed by atoms with van der Waals surface area (Å²) in [6.07, 6.45) is 26.7. The number of likely N-dealkylation sites (N-methyl/N-ethyl adjacent to an activating group) is 1. The van der Waals surface area contributed by atoms with E-state index in [9.17, 15) is 23.8 Å². The highest BCUT2D eigenvalue weighted by Gasteiger charge is 2.54. The zero-order valence-corrected chi connectivity index (χ0v) is 48.8. The highest BCUT2D eigenvalue weighted by Crippen LogP contribution is 2.44. The Hall–Kier alpha value is -3.26. The monoisotopic (exact) mass is 1070 g/mol. The second kappa shape index (κ2) is 33.1. The van der Waals surface area contributed by atoms with E-state index in [1.54, 1.807) is 0 Å². The third-order valence-corrected chi connectivity index (χ3v) is 20.3. The molecule has 2 aromatic rings. The van der Waals surface area contributed by atoms with Gasteiger partial charge in [-0.05, 0) is 65.6 Å². The molecule has 74 heavy (non-hydrogen) atoms. The van der Waals surface area contributed by atoms with Gasteiger partial charge in [0.2, 0.25) is 0 Å². The lowest BCUT2D eigenvalue weighted by Gasteiger charge is -2.45. The third-order valence-electron chi connectivity index (χ3n) is 14.3. The zero-order valence-electron chi connectivity index (χ0n) is 46.9. The average molecular weight is 1070 g/mol. The number of esters is 2. The summed E-state index contributed by atoms with van der Waals surface area (Å²) in [5.74, 6) is -1.08. The van der Waals surface area contributed by atoms with Crippen molar-refractivity contribution in [3.63, 3.8) is 0 Å². The molecule has 0 radical (unpaired) electrons. The number of ketones is 1. The molecule has 1 saturated heterocycles. The van der Waals surface area contributed by atoms with Crippen LogP contribution in [-0.4, -0.2) is 102 Å². The Morgan fingerprint density at radius 2 is 1.31 bits per heavy atom. The second-order valence-corrected chi connectivity index (χ2v) is 28.5. The summed E-state index contributed by atoms with van der Waals surface area (Å²) in [6.45, 7) is 10.7. The van der Waals surface area contributed by atoms with Crippen molar-refractivity contribution in [3.05, 3.63) is 84.5 Å². The van der Waals surface area contributed by atoms with E-state index in [0.717, 1.165) is 44.1 Å². The number of unbranched alkanes of at least 4 members (excludes halogenated alkanes) is 15. The van der Waals surface area contributed by atoms with E-state index >= 15 is 0 Å². The number of ether oxygens (including phenoxy) is 3. The van der Waals surface area contributed by atoms with Crippen molar-refractivity contribution in [1.29, 1.82) is 0 Å². The predicted octanol–water partition coefficient (Wildman–Crippen LogP) is 12.1. The number of benzene rings is 2. The molecule has 0 aromatic heterocycles. The maximum atomic E-state index is 14.1. The number of epoxide rings is 1. The van der Waals surface area contributed by atoms with E-state index in [1.165, 1.54) is 74.6 Å². The van der Waals surface area contributed by atoms with Gasteiger partial charge in [-0.2, -0.15) is 0 Å². The van der Waals surface area contributed by atoms with Gasteiger partial charge in [0.15, 0.2) is 11.9 Å². The summed E-state index contributed by atoms with van der Waals surface area (Å²) in [7, 11) is -1.95. The minimum Gasteiger partial charge on any atom is -0.756 e. The molecule has 0 amide bonds. The third kappa shape index (κ3) is 23.1. The fourth-order valence-electron chi connectivity index (χ4n) is 9.96. The number of carbonyl (C=O) groups is 3. The zero-order chi connectivity index (χ0) is 53.9. The highest BCUT2D eigenvalue weighted by atomic mass is 31.2. The molecule has 1 saturated carbocycles. The Morgan fingerprint density at radius 3 is 1.88 bits per heavy atom. The van der Waals surface area contributed by atoms with E-state index in [0.29, 0.717) is 36.7 Å². The lowest BCUT2D eigenvalue weighted by molar-refractivity contribution is -0.870. The van der Waals surface area contributed by atoms with Crippen molar-refractivity contribution in [3.8, 4) is 0 Å². The molecule has 1 aliphatic heterocycles. The molecule has 0 N–H and O–H groups in total. The smallest absolute Gasteiger partial charge is 0.306 e. The number of hydrogen-bond donors (Lipinski definition) is 0. The quantitative estimate of drug-likeness (QED) is 0.00920. The SMILES string of the molecule is CCCCC/C=C\C[C@@H]1/C(=C\[C@H]2O[C@@H]2CCCC(=O)OC(COC(=O)CCCCCCCCCCCCCCC)COP(=O)([O-])OCC[N+](C)(C)C)C(=O)C[C@H]1O[Si](c1ccccc1)(c1ccccc1)C(C)(C)C. The van der Waals surface area contributed by atoms with Gasteiger partial charge in [-0.1, -0.05) is 197 Å². The Morgan fingerprint density at radius 1 is 0.757 bits per heavy atom. The Bertz CT molecular complexity index is 1990. The molecule has 416 valence electrons. The summed E-state index contributed by atoms with van der Waals surface area (Å²) in [4.78, 5) is 52.8. The topological polar surface area (TPSA) is 150 Å². The van der Waals surface area contributed by atoms with Crippen LogP contribution in [0, 0.1) is 5.92 Å². The van der Waals surface area contributed by atoms with Crippen molar-refractivity contribution < 1.29 is 56.0 Å². The first-order valence-electron chi connectivity index (χ1n) is 28.5. The number of nitrogens with zero attached hydrogens (tertiary/aromatic N) is 1. The number of carbonyl (C=O) groups excluding carboxylic acids is 3. The molecule has 4 rings (SSSR count). The van der Waals surface area contributed by atoms with Crippen LogP contribution in [0.25, 0.3) is 0 Å². The standard InChI is InChI=1S/C60H96NO11PSi/c1-9-11-13-15-17-18-19-20-21-22-23-25-33-41-58(63)67-47-49(48-69-73(65,66)68-44-43-61(6,7)8)70-59(64)42-34-40-55-57(71-55)45-53-52(39-32-24-16-14-12-10-2)56(46-54(53)62)72-74(60(3,4)5,50-35-28-26-29-36-50)51-37-30-27-31-38-51/h24,26-32,35-38,45,49,52,55-57H,9-23,25,33-34,39-44,46-48H2,1-8H3/b32-24-,53-45+/t49?,52-,55-,56-,57-/m1/s1. The Balaban J connectivity index is 1.34. The number of quaternary nitrogens is 1. The number of phosphoric ester groups is 1. The van der Waals surface area contributed by atoms with Crippen LogP contribution in [0.3, 0.4) is 0 Å². The van der Waals surface area contributed by atoms with Crippen molar-refractivity contribution in [2.75, 3.05) is 47.5 Å². The van der Waals surface area contributed by atoms with Gasteiger partial charge in [0.1, 0.15) is 25.9 Å². The van der Waals surface area contributed by atoms with Crippen LogP contribution in [0.4, 0.5) is 0 Å². The maximum Gasteiger partial charge on any atom is 0.306 e. The summed E-state index contributed by atoms with van der Waals surface area (Å²) >= 11 is 0. The lowest BCUT2D eigenvalue weighted by Crippen LogP contribution is -2.68. The van der Waals surface area contributed by atoms with Crippen LogP contribution >= 0.6 is 7.82 Å². The molecule has 2 unspecified atom stereocenters. The van der Waals surface area contributed by atoms with Crippen molar-refractivity contribution in [2.24, 2.45) is 5.92 Å². The summed E-state index contributed by atoms with van der Waals surface area (Å²) in [6, 6.07) is 21.1. The van der Waals surface area contributed by atoms with Gasteiger partial charge in [-0.15, -0.1) is 0 Å². The fourth-order valence-corrected chi connectivity index (χ4v) is 15.4. The van der Waals surface area contributed by atoms with Gasteiger partial charge < -0.3 is 37.1 Å². The Labute approximate surface area is 448 Å². The van der Waals surface area contributed by atoms with Gasteiger partial charge in [0.05, 0.1) is 40.0 Å². The Kier molecular flexibility index (Phi) is 28.3. The second-order valence-electron chi connectivity index (χ2n) is 22.8. The van der Waals surface area contributed by atoms with Gasteiger partial charge in [-0.3, -0.25) is 18.9 Å². The van der Waals surface area contributed by atoms with Crippen molar-refractivity contribution >= 4 is 44.2 Å². The van der Waals surface area contributed by atoms with Gasteiger partial charge in [-0.25, -0.2) is 0 Å². The van der Waals surface area contributed by atoms with Crippen LogP contribution < -0.4 is 15.3 Å². The minimum absolute atomic E-state index is 0.0281. The van der Waals surface area contributed by atoms with Crippen LogP contribution in [0.1, 0.15) is 182 Å². The first-order chi connectivity index (χ1) is 35.4. The normalized spacial score (nSPS) is 20.0. The predicted molar refractivity (Wildman–Crippen MR) is 298 cm³/mol. The summed E-state index contributed by atoms with van der Waals surface area (Å²) in [5.41, 5.74) is 0.752. The number of rotatable bonds is 39. The molecule has 1 heterocycles. The molecule has 12 nitrogen and oxygen atoms in total. The molecule has 0 spiro atoms. The molecule has 2 aromatic carbocycles. The molecule has 1 aliphatic carbocycles. The molecule has 2 aliphatic rings. The van der Waals surface area contributed by atoms with E-state index < -0.39 is 40.8 Å². The molecular weight excluding hydrogens is 970 g/mol. The molecule has 14 heteroatoms. The van der Waals surface area contributed by atoms with Crippen LogP contribution in [0.5, 0.6) is 0 Å². The molecule has 6 atom stereocenters. The molecular formula is C60H96NO11PSi. The lowest BCUT2D eigenvalue weighted by atomic mass is 9.95. The number of hydrogen-bond acceptors (Lipinski definition) is 11. The van der Waals surface area contributed by atoms with Crippen LogP contribution in [0.2, 0.25) is 5.04 Å². The number of allylic oxidation sites excluding steroid dienone is 2. The highest BCUT2D eigenvalue weighted by molar-refractivity contribution is 7.45. The molecule has 0 bridgehead atoms. The first-order valence-corrected chi connectivity index (χ1v) is 31.9. The minimum atomic E-state index is -4.73. The van der Waals surface area contributed by atoms with Crippen molar-refractivity contribution in [1.82, 2.24) is 0 Å². The van der Waals surface area contributed by atoms with Gasteiger partial charge in [0, 0.05) is 25.2 Å². The summed E-state index contributed by atoms with van der Waals surface area (Å²) in [5, 5.41) is 2.09. The van der Waals surface area contributed by atoms with E-state index in [4.69, 9.17) is 27.7 Å². The van der Waals surface area contributed by atoms with Gasteiger partial charge >= 0.3 is 11.9 Å². The van der Waals surface area contributed by atoms with E-state index in [1.807, 2.05) is 39.4 Å². The largest absolute Gasteiger partial charge is 0.756 e. The number of Topliss-reactive ketones (excluding diaryl/α,β-unsaturated/α-hetero) is 1.